The van der Waals surface area contributed by atoms with E-state index in [0.29, 0.717) is 22.9 Å². The Hall–Kier alpha value is -2.13. The molecule has 1 fully saturated rings. The van der Waals surface area contributed by atoms with Gasteiger partial charge in [0.2, 0.25) is 0 Å². The smallest absolute Gasteiger partial charge is 0.331 e. The first-order valence-electron chi connectivity index (χ1n) is 8.02. The van der Waals surface area contributed by atoms with E-state index in [1.807, 2.05) is 13.8 Å². The molecule has 2 aliphatic rings. The number of hydrogen-bond acceptors (Lipinski definition) is 6. The number of pyridine rings is 1. The number of fused-ring (bicyclic) bond motifs is 5. The van der Waals surface area contributed by atoms with Crippen molar-refractivity contribution in [2.24, 2.45) is 0 Å². The summed E-state index contributed by atoms with van der Waals surface area (Å²) in [5, 5.41) is 0. The van der Waals surface area contributed by atoms with Crippen molar-refractivity contribution in [3.63, 3.8) is 0 Å². The SMILES string of the molecule is COc1ccc2c(c1)N1C(SCc3ncc(C)c(OC)c3C)N2S1(=O)=O. The zero-order chi connectivity index (χ0) is 18.6. The van der Waals surface area contributed by atoms with E-state index in [2.05, 4.69) is 4.98 Å². The van der Waals surface area contributed by atoms with E-state index in [1.165, 1.54) is 20.4 Å². The second-order valence-electron chi connectivity index (χ2n) is 6.14. The minimum Gasteiger partial charge on any atom is -0.497 e. The van der Waals surface area contributed by atoms with Crippen molar-refractivity contribution < 1.29 is 17.9 Å². The highest BCUT2D eigenvalue weighted by Gasteiger charge is 2.59. The number of aromatic nitrogens is 1. The van der Waals surface area contributed by atoms with E-state index in [4.69, 9.17) is 9.47 Å². The quantitative estimate of drug-likeness (QED) is 0.778. The fourth-order valence-corrected chi connectivity index (χ4v) is 6.97. The Morgan fingerprint density at radius 2 is 1.88 bits per heavy atom. The largest absolute Gasteiger partial charge is 0.497 e. The van der Waals surface area contributed by atoms with E-state index >= 15 is 0 Å². The van der Waals surface area contributed by atoms with Gasteiger partial charge in [0.25, 0.3) is 0 Å². The molecule has 3 heterocycles. The highest BCUT2D eigenvalue weighted by Crippen LogP contribution is 2.56. The summed E-state index contributed by atoms with van der Waals surface area (Å²) in [6.45, 7) is 3.93. The van der Waals surface area contributed by atoms with Crippen LogP contribution in [0.25, 0.3) is 0 Å². The standard InChI is InChI=1S/C17H19N3O4S2/c1-10-8-18-13(11(2)16(10)24-4)9-25-17-19-14-6-5-12(23-3)7-15(14)20(17)26(19,21)22/h5-8,17H,9H2,1-4H3. The summed E-state index contributed by atoms with van der Waals surface area (Å²) in [5.74, 6) is 2.05. The Kier molecular flexibility index (Phi) is 3.96. The van der Waals surface area contributed by atoms with Gasteiger partial charge in [0.15, 0.2) is 5.50 Å². The topological polar surface area (TPSA) is 72.0 Å². The van der Waals surface area contributed by atoms with Gasteiger partial charge in [-0.15, -0.1) is 11.8 Å². The Balaban J connectivity index is 1.59. The summed E-state index contributed by atoms with van der Waals surface area (Å²) in [6.07, 6.45) is 1.79. The van der Waals surface area contributed by atoms with Gasteiger partial charge in [-0.25, -0.2) is 8.61 Å². The molecule has 1 unspecified atom stereocenters. The van der Waals surface area contributed by atoms with Gasteiger partial charge in [-0.3, -0.25) is 4.98 Å². The minimum atomic E-state index is -3.45. The molecule has 0 amide bonds. The summed E-state index contributed by atoms with van der Waals surface area (Å²) in [4.78, 5) is 4.49. The van der Waals surface area contributed by atoms with E-state index in [-0.39, 0.29) is 5.50 Å². The maximum Gasteiger partial charge on any atom is 0.331 e. The Bertz CT molecular complexity index is 994. The molecule has 2 aromatic rings. The molecule has 4 rings (SSSR count). The van der Waals surface area contributed by atoms with E-state index in [0.717, 1.165) is 22.6 Å². The van der Waals surface area contributed by atoms with Crippen LogP contribution >= 0.6 is 11.8 Å². The lowest BCUT2D eigenvalue weighted by Gasteiger charge is -2.41. The molecule has 26 heavy (non-hydrogen) atoms. The molecule has 1 atom stereocenters. The van der Waals surface area contributed by atoms with Crippen LogP contribution in [0.3, 0.4) is 0 Å². The molecule has 7 nitrogen and oxygen atoms in total. The third kappa shape index (κ3) is 2.26. The highest BCUT2D eigenvalue weighted by atomic mass is 32.2. The Labute approximate surface area is 157 Å². The minimum absolute atomic E-state index is 0.296. The summed E-state index contributed by atoms with van der Waals surface area (Å²) >= 11 is 1.52. The molecule has 138 valence electrons. The van der Waals surface area contributed by atoms with Crippen LogP contribution in [0.2, 0.25) is 0 Å². The van der Waals surface area contributed by atoms with Gasteiger partial charge in [0.1, 0.15) is 11.5 Å². The fraction of sp³-hybridized carbons (Fsp3) is 0.353. The van der Waals surface area contributed by atoms with Crippen LogP contribution in [0.1, 0.15) is 16.8 Å². The third-order valence-corrected chi connectivity index (χ3v) is 7.89. The van der Waals surface area contributed by atoms with Gasteiger partial charge >= 0.3 is 10.2 Å². The molecule has 0 spiro atoms. The van der Waals surface area contributed by atoms with Gasteiger partial charge in [0.05, 0.1) is 31.3 Å². The lowest BCUT2D eigenvalue weighted by molar-refractivity contribution is 0.407. The molecular formula is C17H19N3O4S2. The lowest BCUT2D eigenvalue weighted by atomic mass is 10.1. The van der Waals surface area contributed by atoms with Crippen LogP contribution in [-0.2, 0) is 16.0 Å². The molecule has 0 N–H and O–H groups in total. The second-order valence-corrected chi connectivity index (χ2v) is 8.86. The van der Waals surface area contributed by atoms with Gasteiger partial charge in [-0.05, 0) is 26.0 Å². The number of thioether (sulfide) groups is 1. The zero-order valence-electron chi connectivity index (χ0n) is 14.9. The number of anilines is 2. The van der Waals surface area contributed by atoms with E-state index in [1.54, 1.807) is 38.6 Å². The predicted molar refractivity (Wildman–Crippen MR) is 102 cm³/mol. The fourth-order valence-electron chi connectivity index (χ4n) is 3.36. The van der Waals surface area contributed by atoms with Crippen LogP contribution in [0.5, 0.6) is 11.5 Å². The van der Waals surface area contributed by atoms with Crippen molar-refractivity contribution in [2.45, 2.75) is 25.1 Å². The maximum absolute atomic E-state index is 12.5. The van der Waals surface area contributed by atoms with Crippen molar-refractivity contribution in [3.05, 3.63) is 41.2 Å². The number of aryl methyl sites for hydroxylation is 1. The van der Waals surface area contributed by atoms with Gasteiger partial charge in [0, 0.05) is 29.1 Å². The first kappa shape index (κ1) is 17.3. The number of hydrogen-bond donors (Lipinski definition) is 0. The van der Waals surface area contributed by atoms with Gasteiger partial charge < -0.3 is 9.47 Å². The van der Waals surface area contributed by atoms with E-state index < -0.39 is 10.2 Å². The third-order valence-electron chi connectivity index (χ3n) is 4.67. The van der Waals surface area contributed by atoms with Crippen molar-refractivity contribution in [2.75, 3.05) is 22.8 Å². The summed E-state index contributed by atoms with van der Waals surface area (Å²) in [7, 11) is -0.239. The maximum atomic E-state index is 12.5. The van der Waals surface area contributed by atoms with Crippen LogP contribution in [0.15, 0.2) is 24.4 Å². The number of nitrogens with zero attached hydrogens (tertiary/aromatic N) is 3. The van der Waals surface area contributed by atoms with Crippen LogP contribution < -0.4 is 18.1 Å². The van der Waals surface area contributed by atoms with Crippen molar-refractivity contribution in [1.29, 1.82) is 0 Å². The molecular weight excluding hydrogens is 374 g/mol. The zero-order valence-corrected chi connectivity index (χ0v) is 16.5. The van der Waals surface area contributed by atoms with Crippen molar-refractivity contribution >= 4 is 33.3 Å². The summed E-state index contributed by atoms with van der Waals surface area (Å²) in [5.41, 5.74) is 3.92. The average Bonchev–Trinajstić information content (AvgIpc) is 3.08. The monoisotopic (exact) mass is 393 g/mol. The van der Waals surface area contributed by atoms with Gasteiger partial charge in [-0.1, -0.05) is 0 Å². The second kappa shape index (κ2) is 5.95. The highest BCUT2D eigenvalue weighted by molar-refractivity contribution is 8.05. The predicted octanol–water partition coefficient (Wildman–Crippen LogP) is 2.82. The lowest BCUT2D eigenvalue weighted by Crippen LogP contribution is -2.61. The molecule has 1 aromatic carbocycles. The van der Waals surface area contributed by atoms with Crippen LogP contribution in [0, 0.1) is 13.8 Å². The first-order chi connectivity index (χ1) is 12.4. The first-order valence-corrected chi connectivity index (χ1v) is 10.5. The number of ether oxygens (including phenoxy) is 2. The van der Waals surface area contributed by atoms with Crippen LogP contribution in [-0.4, -0.2) is 33.1 Å². The Morgan fingerprint density at radius 3 is 2.58 bits per heavy atom. The normalized spacial score (nSPS) is 19.2. The van der Waals surface area contributed by atoms with Gasteiger partial charge in [-0.2, -0.15) is 8.42 Å². The average molecular weight is 393 g/mol. The summed E-state index contributed by atoms with van der Waals surface area (Å²) in [6, 6.07) is 5.31. The summed E-state index contributed by atoms with van der Waals surface area (Å²) < 4.78 is 38.5. The van der Waals surface area contributed by atoms with Crippen LogP contribution in [0.4, 0.5) is 11.4 Å². The molecule has 1 aromatic heterocycles. The molecule has 2 aliphatic heterocycles. The molecule has 0 radical (unpaired) electrons. The van der Waals surface area contributed by atoms with E-state index in [9.17, 15) is 8.42 Å². The molecule has 2 bridgehead atoms. The van der Waals surface area contributed by atoms with Crippen molar-refractivity contribution in [3.8, 4) is 11.5 Å². The number of rotatable bonds is 5. The molecule has 0 saturated carbocycles. The Morgan fingerprint density at radius 1 is 1.15 bits per heavy atom. The molecule has 9 heteroatoms. The molecule has 0 aliphatic carbocycles. The number of benzene rings is 1. The van der Waals surface area contributed by atoms with Crippen molar-refractivity contribution in [1.82, 2.24) is 4.98 Å². The number of methoxy groups -OCH3 is 2. The molecule has 1 saturated heterocycles.